The van der Waals surface area contributed by atoms with Gasteiger partial charge < -0.3 is 5.73 Å². The van der Waals surface area contributed by atoms with Gasteiger partial charge in [-0.2, -0.15) is 10.2 Å². The second kappa shape index (κ2) is 5.35. The van der Waals surface area contributed by atoms with Gasteiger partial charge in [-0.05, 0) is 19.4 Å². The molecular weight excluding hydrogens is 262 g/mol. The van der Waals surface area contributed by atoms with Crippen LogP contribution in [0.2, 0.25) is 5.02 Å². The van der Waals surface area contributed by atoms with Crippen LogP contribution in [0, 0.1) is 6.92 Å². The van der Waals surface area contributed by atoms with Crippen LogP contribution in [0.3, 0.4) is 0 Å². The molecule has 0 bridgehead atoms. The summed E-state index contributed by atoms with van der Waals surface area (Å²) in [6.07, 6.45) is 1.48. The molecule has 0 aliphatic heterocycles. The van der Waals surface area contributed by atoms with Crippen LogP contribution >= 0.6 is 11.6 Å². The Morgan fingerprint density at radius 2 is 2.00 bits per heavy atom. The van der Waals surface area contributed by atoms with E-state index in [-0.39, 0.29) is 6.04 Å². The van der Waals surface area contributed by atoms with Gasteiger partial charge in [0.25, 0.3) is 0 Å². The minimum Gasteiger partial charge on any atom is -0.322 e. The van der Waals surface area contributed by atoms with E-state index in [0.29, 0.717) is 6.42 Å². The van der Waals surface area contributed by atoms with Crippen LogP contribution in [-0.4, -0.2) is 19.6 Å². The molecule has 0 saturated carbocycles. The number of nitrogens with two attached hydrogens (primary N) is 1. The van der Waals surface area contributed by atoms with Crippen LogP contribution in [0.15, 0.2) is 6.07 Å². The maximum absolute atomic E-state index is 6.34. The highest BCUT2D eigenvalue weighted by atomic mass is 35.5. The Labute approximate surface area is 118 Å². The van der Waals surface area contributed by atoms with Gasteiger partial charge in [0, 0.05) is 20.5 Å². The predicted octanol–water partition coefficient (Wildman–Crippen LogP) is 1.92. The average molecular weight is 282 g/mol. The van der Waals surface area contributed by atoms with Crippen molar-refractivity contribution in [3.8, 4) is 0 Å². The fourth-order valence-electron chi connectivity index (χ4n) is 2.33. The summed E-state index contributed by atoms with van der Waals surface area (Å²) in [5.41, 5.74) is 10.1. The first-order chi connectivity index (χ1) is 8.93. The molecule has 0 amide bonds. The maximum Gasteiger partial charge on any atom is 0.0850 e. The number of aromatic nitrogens is 4. The van der Waals surface area contributed by atoms with E-state index in [0.717, 1.165) is 34.2 Å². The molecule has 104 valence electrons. The van der Waals surface area contributed by atoms with Gasteiger partial charge in [-0.25, -0.2) is 0 Å². The number of rotatable bonds is 4. The zero-order chi connectivity index (χ0) is 14.2. The third-order valence-electron chi connectivity index (χ3n) is 3.33. The molecule has 2 aromatic heterocycles. The lowest BCUT2D eigenvalue weighted by Crippen LogP contribution is -2.18. The van der Waals surface area contributed by atoms with Gasteiger partial charge in [0.05, 0.1) is 33.8 Å². The Morgan fingerprint density at radius 3 is 2.47 bits per heavy atom. The molecule has 1 atom stereocenters. The highest BCUT2D eigenvalue weighted by molar-refractivity contribution is 6.31. The van der Waals surface area contributed by atoms with Crippen molar-refractivity contribution in [2.45, 2.75) is 32.7 Å². The van der Waals surface area contributed by atoms with Gasteiger partial charge in [-0.1, -0.05) is 18.5 Å². The van der Waals surface area contributed by atoms with Gasteiger partial charge in [0.15, 0.2) is 0 Å². The number of nitrogens with zero attached hydrogens (tertiary/aromatic N) is 4. The van der Waals surface area contributed by atoms with Crippen molar-refractivity contribution in [1.82, 2.24) is 19.6 Å². The summed E-state index contributed by atoms with van der Waals surface area (Å²) in [7, 11) is 3.81. The molecule has 2 N–H and O–H groups in total. The number of hydrogen-bond donors (Lipinski definition) is 1. The third kappa shape index (κ3) is 2.67. The van der Waals surface area contributed by atoms with Gasteiger partial charge >= 0.3 is 0 Å². The van der Waals surface area contributed by atoms with E-state index in [1.54, 1.807) is 0 Å². The second-order valence-electron chi connectivity index (χ2n) is 4.83. The van der Waals surface area contributed by atoms with Crippen molar-refractivity contribution in [3.63, 3.8) is 0 Å². The van der Waals surface area contributed by atoms with Crippen LogP contribution in [0.25, 0.3) is 0 Å². The molecule has 0 fully saturated rings. The van der Waals surface area contributed by atoms with Crippen molar-refractivity contribution in [3.05, 3.63) is 33.9 Å². The Hall–Kier alpha value is -1.33. The van der Waals surface area contributed by atoms with Crippen LogP contribution in [-0.2, 0) is 26.9 Å². The lowest BCUT2D eigenvalue weighted by atomic mass is 10.1. The van der Waals surface area contributed by atoms with E-state index in [1.165, 1.54) is 0 Å². The largest absolute Gasteiger partial charge is 0.322 e. The fourth-order valence-corrected chi connectivity index (χ4v) is 2.70. The molecule has 6 heteroatoms. The number of hydrogen-bond acceptors (Lipinski definition) is 3. The van der Waals surface area contributed by atoms with Crippen molar-refractivity contribution in [1.29, 1.82) is 0 Å². The fraction of sp³-hybridized carbons (Fsp3) is 0.538. The molecule has 2 aromatic rings. The zero-order valence-electron chi connectivity index (χ0n) is 11.8. The molecule has 2 heterocycles. The van der Waals surface area contributed by atoms with Crippen molar-refractivity contribution < 1.29 is 0 Å². The molecular formula is C13H20ClN5. The number of aryl methyl sites for hydroxylation is 4. The first kappa shape index (κ1) is 14.1. The molecule has 2 rings (SSSR count). The highest BCUT2D eigenvalue weighted by Gasteiger charge is 2.19. The molecule has 0 aliphatic rings. The molecule has 0 radical (unpaired) electrons. The monoisotopic (exact) mass is 281 g/mol. The Bertz CT molecular complexity index is 584. The van der Waals surface area contributed by atoms with Gasteiger partial charge in [-0.3, -0.25) is 9.36 Å². The summed E-state index contributed by atoms with van der Waals surface area (Å²) >= 11 is 6.34. The molecule has 19 heavy (non-hydrogen) atoms. The molecule has 0 aromatic carbocycles. The lowest BCUT2D eigenvalue weighted by Gasteiger charge is -2.12. The van der Waals surface area contributed by atoms with Gasteiger partial charge in [0.2, 0.25) is 0 Å². The summed E-state index contributed by atoms with van der Waals surface area (Å²) in [5.74, 6) is 0. The van der Waals surface area contributed by atoms with E-state index in [1.807, 2.05) is 43.4 Å². The second-order valence-corrected chi connectivity index (χ2v) is 5.21. The summed E-state index contributed by atoms with van der Waals surface area (Å²) < 4.78 is 3.65. The Morgan fingerprint density at radius 1 is 1.32 bits per heavy atom. The maximum atomic E-state index is 6.34. The normalized spacial score (nSPS) is 12.9. The first-order valence-corrected chi connectivity index (χ1v) is 6.78. The molecule has 0 saturated heterocycles. The van der Waals surface area contributed by atoms with Crippen LogP contribution in [0.1, 0.15) is 35.7 Å². The topological polar surface area (TPSA) is 61.7 Å². The average Bonchev–Trinajstić information content (AvgIpc) is 2.82. The van der Waals surface area contributed by atoms with Gasteiger partial charge in [0.1, 0.15) is 0 Å². The SMILES string of the molecule is CCc1nn(C)c(CC(N)c2cc(C)nn2C)c1Cl. The minimum absolute atomic E-state index is 0.135. The van der Waals surface area contributed by atoms with E-state index in [2.05, 4.69) is 10.2 Å². The summed E-state index contributed by atoms with van der Waals surface area (Å²) in [6.45, 7) is 4.00. The predicted molar refractivity (Wildman–Crippen MR) is 76.2 cm³/mol. The van der Waals surface area contributed by atoms with Gasteiger partial charge in [-0.15, -0.1) is 0 Å². The highest BCUT2D eigenvalue weighted by Crippen LogP contribution is 2.25. The van der Waals surface area contributed by atoms with Crippen LogP contribution in [0.5, 0.6) is 0 Å². The Kier molecular flexibility index (Phi) is 3.96. The van der Waals surface area contributed by atoms with E-state index < -0.39 is 0 Å². The molecule has 5 nitrogen and oxygen atoms in total. The quantitative estimate of drug-likeness (QED) is 0.931. The van der Waals surface area contributed by atoms with Crippen molar-refractivity contribution in [2.24, 2.45) is 19.8 Å². The van der Waals surface area contributed by atoms with E-state index in [4.69, 9.17) is 17.3 Å². The van der Waals surface area contributed by atoms with E-state index >= 15 is 0 Å². The Balaban J connectivity index is 2.26. The standard InChI is InChI=1S/C13H20ClN5/c1-5-10-13(14)12(19(4)17-10)7-9(15)11-6-8(2)16-18(11)3/h6,9H,5,7,15H2,1-4H3. The van der Waals surface area contributed by atoms with Crippen LogP contribution in [0.4, 0.5) is 0 Å². The van der Waals surface area contributed by atoms with Crippen molar-refractivity contribution in [2.75, 3.05) is 0 Å². The third-order valence-corrected chi connectivity index (χ3v) is 3.77. The summed E-state index contributed by atoms with van der Waals surface area (Å²) in [5, 5.41) is 9.47. The summed E-state index contributed by atoms with van der Waals surface area (Å²) in [6, 6.07) is 1.87. The molecule has 1 unspecified atom stereocenters. The zero-order valence-corrected chi connectivity index (χ0v) is 12.6. The smallest absolute Gasteiger partial charge is 0.0850 e. The number of halogens is 1. The van der Waals surface area contributed by atoms with Crippen molar-refractivity contribution >= 4 is 11.6 Å². The lowest BCUT2D eigenvalue weighted by molar-refractivity contribution is 0.587. The molecule has 0 aliphatic carbocycles. The summed E-state index contributed by atoms with van der Waals surface area (Å²) in [4.78, 5) is 0. The van der Waals surface area contributed by atoms with Crippen LogP contribution < -0.4 is 5.73 Å². The minimum atomic E-state index is -0.135. The molecule has 0 spiro atoms. The van der Waals surface area contributed by atoms with E-state index in [9.17, 15) is 0 Å². The first-order valence-electron chi connectivity index (χ1n) is 6.40.